The summed E-state index contributed by atoms with van der Waals surface area (Å²) < 4.78 is 1.97. The van der Waals surface area contributed by atoms with Crippen molar-refractivity contribution in [1.82, 2.24) is 25.1 Å². The molecular formula is C12H13N5S. The zero-order valence-electron chi connectivity index (χ0n) is 10.00. The summed E-state index contributed by atoms with van der Waals surface area (Å²) in [4.78, 5) is 4.35. The Morgan fingerprint density at radius 3 is 3.06 bits per heavy atom. The van der Waals surface area contributed by atoms with Crippen LogP contribution in [0, 0.1) is 0 Å². The van der Waals surface area contributed by atoms with Gasteiger partial charge in [0.1, 0.15) is 11.3 Å². The summed E-state index contributed by atoms with van der Waals surface area (Å²) in [5.74, 6) is 0. The molecule has 0 fully saturated rings. The zero-order chi connectivity index (χ0) is 12.4. The normalized spacial score (nSPS) is 11.2. The Kier molecular flexibility index (Phi) is 3.04. The lowest BCUT2D eigenvalue weighted by Crippen LogP contribution is -2.11. The third-order valence-electron chi connectivity index (χ3n) is 2.64. The molecule has 6 heteroatoms. The lowest BCUT2D eigenvalue weighted by Gasteiger charge is -1.96. The highest BCUT2D eigenvalue weighted by molar-refractivity contribution is 7.13. The molecule has 92 valence electrons. The van der Waals surface area contributed by atoms with E-state index in [4.69, 9.17) is 0 Å². The van der Waals surface area contributed by atoms with Gasteiger partial charge in [0.2, 0.25) is 5.13 Å². The van der Waals surface area contributed by atoms with Gasteiger partial charge in [0.15, 0.2) is 0 Å². The van der Waals surface area contributed by atoms with Crippen molar-refractivity contribution in [3.8, 4) is 5.13 Å². The van der Waals surface area contributed by atoms with Gasteiger partial charge in [-0.2, -0.15) is 0 Å². The van der Waals surface area contributed by atoms with Gasteiger partial charge in [-0.15, -0.1) is 10.2 Å². The van der Waals surface area contributed by atoms with Crippen molar-refractivity contribution < 1.29 is 0 Å². The van der Waals surface area contributed by atoms with Crippen LogP contribution in [-0.2, 0) is 6.54 Å². The molecule has 0 spiro atoms. The molecule has 0 bridgehead atoms. The molecule has 18 heavy (non-hydrogen) atoms. The van der Waals surface area contributed by atoms with Crippen molar-refractivity contribution in [2.45, 2.75) is 13.5 Å². The van der Waals surface area contributed by atoms with Gasteiger partial charge in [0.25, 0.3) is 0 Å². The van der Waals surface area contributed by atoms with Crippen LogP contribution in [0.5, 0.6) is 0 Å². The van der Waals surface area contributed by atoms with E-state index in [-0.39, 0.29) is 0 Å². The lowest BCUT2D eigenvalue weighted by molar-refractivity contribution is 0.714. The molecule has 0 unspecified atom stereocenters. The molecule has 2 aromatic heterocycles. The van der Waals surface area contributed by atoms with E-state index in [0.29, 0.717) is 0 Å². The van der Waals surface area contributed by atoms with Crippen LogP contribution in [0.4, 0.5) is 0 Å². The first-order valence-corrected chi connectivity index (χ1v) is 6.65. The Morgan fingerprint density at radius 1 is 1.28 bits per heavy atom. The van der Waals surface area contributed by atoms with E-state index in [1.54, 1.807) is 17.7 Å². The van der Waals surface area contributed by atoms with Crippen LogP contribution < -0.4 is 5.32 Å². The first-order chi connectivity index (χ1) is 8.88. The average molecular weight is 259 g/mol. The van der Waals surface area contributed by atoms with E-state index in [2.05, 4.69) is 27.4 Å². The molecule has 2 heterocycles. The van der Waals surface area contributed by atoms with Gasteiger partial charge in [-0.25, -0.2) is 4.98 Å². The van der Waals surface area contributed by atoms with Crippen molar-refractivity contribution in [3.05, 3.63) is 35.6 Å². The lowest BCUT2D eigenvalue weighted by atomic mass is 10.3. The third-order valence-corrected chi connectivity index (χ3v) is 3.56. The fraction of sp³-hybridized carbons (Fsp3) is 0.250. The Hall–Kier alpha value is -1.79. The number of nitrogens with zero attached hydrogens (tertiary/aromatic N) is 4. The first-order valence-electron chi connectivity index (χ1n) is 5.84. The number of benzene rings is 1. The van der Waals surface area contributed by atoms with E-state index >= 15 is 0 Å². The van der Waals surface area contributed by atoms with Crippen LogP contribution >= 0.6 is 11.3 Å². The van der Waals surface area contributed by atoms with E-state index < -0.39 is 0 Å². The summed E-state index contributed by atoms with van der Waals surface area (Å²) in [6.45, 7) is 3.77. The van der Waals surface area contributed by atoms with Gasteiger partial charge in [0, 0.05) is 6.54 Å². The number of aromatic nitrogens is 4. The molecular weight excluding hydrogens is 246 g/mol. The van der Waals surface area contributed by atoms with Gasteiger partial charge < -0.3 is 5.32 Å². The van der Waals surface area contributed by atoms with Crippen LogP contribution in [0.15, 0.2) is 30.6 Å². The maximum Gasteiger partial charge on any atom is 0.218 e. The minimum absolute atomic E-state index is 0.765. The summed E-state index contributed by atoms with van der Waals surface area (Å²) in [7, 11) is 0. The van der Waals surface area contributed by atoms with Crippen LogP contribution in [-0.4, -0.2) is 26.3 Å². The fourth-order valence-corrected chi connectivity index (χ4v) is 2.55. The Morgan fingerprint density at radius 2 is 2.17 bits per heavy atom. The second-order valence-corrected chi connectivity index (χ2v) is 4.90. The predicted molar refractivity (Wildman–Crippen MR) is 71.9 cm³/mol. The maximum atomic E-state index is 4.35. The van der Waals surface area contributed by atoms with Crippen LogP contribution in [0.3, 0.4) is 0 Å². The van der Waals surface area contributed by atoms with Gasteiger partial charge in [-0.3, -0.25) is 4.57 Å². The van der Waals surface area contributed by atoms with E-state index in [9.17, 15) is 0 Å². The molecule has 3 rings (SSSR count). The quantitative estimate of drug-likeness (QED) is 0.778. The third kappa shape index (κ3) is 2.00. The molecule has 0 atom stereocenters. The monoisotopic (exact) mass is 259 g/mol. The standard InChI is InChI=1S/C12H13N5S/c1-2-13-7-11-15-16-12(18-11)17-8-14-9-5-3-4-6-10(9)17/h3-6,8,13H,2,7H2,1H3. The number of para-hydroxylation sites is 2. The van der Waals surface area contributed by atoms with Gasteiger partial charge in [-0.05, 0) is 18.7 Å². The smallest absolute Gasteiger partial charge is 0.218 e. The predicted octanol–water partition coefficient (Wildman–Crippen LogP) is 1.99. The molecule has 5 nitrogen and oxygen atoms in total. The van der Waals surface area contributed by atoms with E-state index in [1.807, 2.05) is 28.8 Å². The molecule has 1 aromatic carbocycles. The number of hydrogen-bond acceptors (Lipinski definition) is 5. The number of rotatable bonds is 4. The summed E-state index contributed by atoms with van der Waals surface area (Å²) in [6, 6.07) is 8.01. The largest absolute Gasteiger partial charge is 0.311 e. The molecule has 3 aromatic rings. The molecule has 0 aliphatic rings. The van der Waals surface area contributed by atoms with E-state index in [1.165, 1.54) is 0 Å². The molecule has 0 saturated heterocycles. The number of fused-ring (bicyclic) bond motifs is 1. The molecule has 0 radical (unpaired) electrons. The Bertz CT molecular complexity index is 657. The van der Waals surface area contributed by atoms with Crippen molar-refractivity contribution in [2.24, 2.45) is 0 Å². The van der Waals surface area contributed by atoms with Crippen molar-refractivity contribution in [3.63, 3.8) is 0 Å². The maximum absolute atomic E-state index is 4.35. The SMILES string of the molecule is CCNCc1nnc(-n2cnc3ccccc32)s1. The molecule has 0 aliphatic heterocycles. The van der Waals surface area contributed by atoms with Crippen LogP contribution in [0.2, 0.25) is 0 Å². The Balaban J connectivity index is 1.96. The number of hydrogen-bond donors (Lipinski definition) is 1. The van der Waals surface area contributed by atoms with Crippen LogP contribution in [0.1, 0.15) is 11.9 Å². The highest BCUT2D eigenvalue weighted by Gasteiger charge is 2.09. The van der Waals surface area contributed by atoms with Gasteiger partial charge in [0.05, 0.1) is 11.0 Å². The zero-order valence-corrected chi connectivity index (χ0v) is 10.8. The molecule has 1 N–H and O–H groups in total. The van der Waals surface area contributed by atoms with Gasteiger partial charge in [-0.1, -0.05) is 30.4 Å². The van der Waals surface area contributed by atoms with Crippen LogP contribution in [0.25, 0.3) is 16.2 Å². The number of nitrogens with one attached hydrogen (secondary N) is 1. The second kappa shape index (κ2) is 4.83. The fourth-order valence-electron chi connectivity index (χ4n) is 1.76. The molecule has 0 aliphatic carbocycles. The number of imidazole rings is 1. The minimum atomic E-state index is 0.765. The van der Waals surface area contributed by atoms with E-state index in [0.717, 1.165) is 34.3 Å². The summed E-state index contributed by atoms with van der Waals surface area (Å²) in [6.07, 6.45) is 1.79. The molecule has 0 saturated carbocycles. The summed E-state index contributed by atoms with van der Waals surface area (Å²) >= 11 is 1.58. The van der Waals surface area contributed by atoms with Crippen molar-refractivity contribution in [1.29, 1.82) is 0 Å². The van der Waals surface area contributed by atoms with Crippen molar-refractivity contribution in [2.75, 3.05) is 6.54 Å². The Labute approximate surface area is 109 Å². The molecule has 0 amide bonds. The summed E-state index contributed by atoms with van der Waals surface area (Å²) in [5, 5.41) is 13.5. The van der Waals surface area contributed by atoms with Crippen molar-refractivity contribution >= 4 is 22.4 Å². The summed E-state index contributed by atoms with van der Waals surface area (Å²) in [5.41, 5.74) is 2.03. The topological polar surface area (TPSA) is 55.6 Å². The highest BCUT2D eigenvalue weighted by Crippen LogP contribution is 2.20. The average Bonchev–Trinajstić information content (AvgIpc) is 3.02. The second-order valence-electron chi connectivity index (χ2n) is 3.86. The minimum Gasteiger partial charge on any atom is -0.311 e. The highest BCUT2D eigenvalue weighted by atomic mass is 32.1. The first kappa shape index (κ1) is 11.3. The van der Waals surface area contributed by atoms with Gasteiger partial charge >= 0.3 is 0 Å².